The lowest BCUT2D eigenvalue weighted by Crippen LogP contribution is -2.10. The van der Waals surface area contributed by atoms with E-state index in [-0.39, 0.29) is 5.65 Å². The molecule has 0 N–H and O–H groups in total. The number of methoxy groups -OCH3 is 1. The first kappa shape index (κ1) is 23.0. The molecule has 0 aliphatic heterocycles. The third-order valence-corrected chi connectivity index (χ3v) is 6.29. The van der Waals surface area contributed by atoms with Crippen LogP contribution in [0.3, 0.4) is 0 Å². The van der Waals surface area contributed by atoms with Crippen molar-refractivity contribution in [3.8, 4) is 34.1 Å². The summed E-state index contributed by atoms with van der Waals surface area (Å²) in [5, 5.41) is 8.99. The molecule has 0 bridgehead atoms. The van der Waals surface area contributed by atoms with Crippen LogP contribution in [0.25, 0.3) is 45.1 Å². The second kappa shape index (κ2) is 8.62. The number of halogens is 3. The average Bonchev–Trinajstić information content (AvgIpc) is 3.66. The van der Waals surface area contributed by atoms with Crippen LogP contribution in [0.2, 0.25) is 0 Å². The molecule has 1 aromatic carbocycles. The first-order valence-electron chi connectivity index (χ1n) is 10.8. The van der Waals surface area contributed by atoms with E-state index >= 15 is 0 Å². The highest BCUT2D eigenvalue weighted by Crippen LogP contribution is 2.38. The molecular formula is C24H16F3N7O2S. The van der Waals surface area contributed by atoms with Crippen molar-refractivity contribution < 1.29 is 22.3 Å². The van der Waals surface area contributed by atoms with Crippen molar-refractivity contribution in [3.05, 3.63) is 66.8 Å². The number of rotatable bonds is 5. The van der Waals surface area contributed by atoms with Gasteiger partial charge in [0.15, 0.2) is 16.7 Å². The number of aromatic nitrogens is 7. The summed E-state index contributed by atoms with van der Waals surface area (Å²) in [6.07, 6.45) is 0.894. The Bertz CT molecular complexity index is 1760. The van der Waals surface area contributed by atoms with E-state index in [9.17, 15) is 13.2 Å². The second-order valence-electron chi connectivity index (χ2n) is 7.88. The van der Waals surface area contributed by atoms with Gasteiger partial charge in [-0.15, -0.1) is 5.10 Å². The van der Waals surface area contributed by atoms with Crippen LogP contribution in [0, 0.1) is 0 Å². The number of fused-ring (bicyclic) bond motifs is 2. The van der Waals surface area contributed by atoms with Gasteiger partial charge in [0.25, 0.3) is 0 Å². The quantitative estimate of drug-likeness (QED) is 0.215. The second-order valence-corrected chi connectivity index (χ2v) is 8.65. The van der Waals surface area contributed by atoms with Crippen molar-refractivity contribution in [1.29, 1.82) is 0 Å². The van der Waals surface area contributed by atoms with Gasteiger partial charge < -0.3 is 9.15 Å². The molecule has 0 saturated carbocycles. The maximum Gasteiger partial charge on any atom is 0.433 e. The normalized spacial score (nSPS) is 12.0. The van der Waals surface area contributed by atoms with E-state index < -0.39 is 11.9 Å². The van der Waals surface area contributed by atoms with Gasteiger partial charge >= 0.3 is 6.18 Å². The standard InChI is InChI=1S/C24H16F3N7O2S/c1-35-14-6-7-16-15(10-14)31-32-34(16)22-20(21(17-4-3-9-36-17)29-23(30-22)37-2)13-5-8-19-28-11-18(24(25,26)27)33(19)12-13/h3-12H,1-2H3. The Balaban J connectivity index is 1.69. The predicted molar refractivity (Wildman–Crippen MR) is 130 cm³/mol. The zero-order valence-electron chi connectivity index (χ0n) is 19.3. The summed E-state index contributed by atoms with van der Waals surface area (Å²) >= 11 is 1.31. The number of hydrogen-bond acceptors (Lipinski definition) is 8. The summed E-state index contributed by atoms with van der Waals surface area (Å²) in [6.45, 7) is 0. The zero-order valence-corrected chi connectivity index (χ0v) is 20.1. The van der Waals surface area contributed by atoms with Gasteiger partial charge in [0.1, 0.15) is 28.3 Å². The molecule has 13 heteroatoms. The third-order valence-electron chi connectivity index (χ3n) is 5.74. The summed E-state index contributed by atoms with van der Waals surface area (Å²) < 4.78 is 54.5. The van der Waals surface area contributed by atoms with Gasteiger partial charge in [-0.05, 0) is 42.7 Å². The molecule has 0 unspecified atom stereocenters. The van der Waals surface area contributed by atoms with Crippen LogP contribution in [0.5, 0.6) is 5.75 Å². The fourth-order valence-corrected chi connectivity index (χ4v) is 4.42. The fraction of sp³-hybridized carbons (Fsp3) is 0.125. The molecule has 9 nitrogen and oxygen atoms in total. The maximum absolute atomic E-state index is 13.7. The number of alkyl halides is 3. The molecule has 5 aromatic heterocycles. The van der Waals surface area contributed by atoms with Crippen molar-refractivity contribution in [2.24, 2.45) is 0 Å². The van der Waals surface area contributed by atoms with Crippen LogP contribution in [0.1, 0.15) is 5.69 Å². The SMILES string of the molecule is COc1ccc2c(c1)nnn2-c1nc(SC)nc(-c2ccco2)c1-c1ccc2ncc(C(F)(F)F)n2c1. The highest BCUT2D eigenvalue weighted by atomic mass is 32.2. The molecule has 0 fully saturated rings. The van der Waals surface area contributed by atoms with Crippen molar-refractivity contribution in [2.75, 3.05) is 13.4 Å². The maximum atomic E-state index is 13.7. The fourth-order valence-electron chi connectivity index (χ4n) is 4.06. The molecule has 0 spiro atoms. The summed E-state index contributed by atoms with van der Waals surface area (Å²) in [6, 6.07) is 11.9. The van der Waals surface area contributed by atoms with Crippen LogP contribution in [-0.2, 0) is 6.18 Å². The topological polar surface area (TPSA) is 96.2 Å². The monoisotopic (exact) mass is 523 g/mol. The minimum Gasteiger partial charge on any atom is -0.497 e. The predicted octanol–water partition coefficient (Wildman–Crippen LogP) is 5.53. The Kier molecular flexibility index (Phi) is 5.37. The first-order chi connectivity index (χ1) is 17.9. The van der Waals surface area contributed by atoms with Crippen molar-refractivity contribution in [2.45, 2.75) is 11.3 Å². The number of ether oxygens (including phenoxy) is 1. The van der Waals surface area contributed by atoms with Gasteiger partial charge in [-0.3, -0.25) is 4.40 Å². The van der Waals surface area contributed by atoms with Crippen LogP contribution >= 0.6 is 11.8 Å². The lowest BCUT2D eigenvalue weighted by atomic mass is 10.0. The van der Waals surface area contributed by atoms with E-state index in [1.165, 1.54) is 35.0 Å². The minimum atomic E-state index is -4.59. The first-order valence-corrected chi connectivity index (χ1v) is 12.0. The molecule has 0 saturated heterocycles. The van der Waals surface area contributed by atoms with Gasteiger partial charge in [0.2, 0.25) is 0 Å². The van der Waals surface area contributed by atoms with Crippen LogP contribution in [0.4, 0.5) is 13.2 Å². The van der Waals surface area contributed by atoms with Crippen molar-refractivity contribution >= 4 is 28.4 Å². The Labute approximate surface area is 210 Å². The smallest absolute Gasteiger partial charge is 0.433 e. The van der Waals surface area contributed by atoms with Gasteiger partial charge in [-0.1, -0.05) is 17.0 Å². The lowest BCUT2D eigenvalue weighted by molar-refractivity contribution is -0.141. The molecular weight excluding hydrogens is 507 g/mol. The number of pyridine rings is 1. The Morgan fingerprint density at radius 1 is 1.08 bits per heavy atom. The van der Waals surface area contributed by atoms with Crippen molar-refractivity contribution in [3.63, 3.8) is 0 Å². The molecule has 0 aliphatic rings. The van der Waals surface area contributed by atoms with Crippen LogP contribution < -0.4 is 4.74 Å². The molecule has 0 amide bonds. The molecule has 0 radical (unpaired) electrons. The number of furan rings is 1. The average molecular weight is 524 g/mol. The van der Waals surface area contributed by atoms with E-state index in [0.717, 1.165) is 10.6 Å². The minimum absolute atomic E-state index is 0.150. The van der Waals surface area contributed by atoms with Crippen LogP contribution in [0.15, 0.2) is 70.7 Å². The summed E-state index contributed by atoms with van der Waals surface area (Å²) in [5.74, 6) is 1.35. The van der Waals surface area contributed by atoms with Gasteiger partial charge in [0, 0.05) is 17.8 Å². The summed E-state index contributed by atoms with van der Waals surface area (Å²) in [7, 11) is 1.55. The van der Waals surface area contributed by atoms with E-state index in [1.807, 2.05) is 6.26 Å². The molecule has 5 heterocycles. The Morgan fingerprint density at radius 3 is 2.68 bits per heavy atom. The highest BCUT2D eigenvalue weighted by Gasteiger charge is 2.35. The Hall–Kier alpha value is -4.39. The molecule has 0 aliphatic carbocycles. The van der Waals surface area contributed by atoms with E-state index in [1.54, 1.807) is 43.5 Å². The number of thioether (sulfide) groups is 1. The molecule has 6 rings (SSSR count). The number of nitrogens with zero attached hydrogens (tertiary/aromatic N) is 7. The van der Waals surface area contributed by atoms with E-state index in [0.29, 0.717) is 50.3 Å². The summed E-state index contributed by atoms with van der Waals surface area (Å²) in [5.41, 5.74) is 1.64. The van der Waals surface area contributed by atoms with Gasteiger partial charge in [-0.2, -0.15) is 17.9 Å². The van der Waals surface area contributed by atoms with E-state index in [2.05, 4.69) is 20.3 Å². The largest absolute Gasteiger partial charge is 0.497 e. The Morgan fingerprint density at radius 2 is 1.95 bits per heavy atom. The van der Waals surface area contributed by atoms with Crippen molar-refractivity contribution in [1.82, 2.24) is 34.3 Å². The molecule has 0 atom stereocenters. The van der Waals surface area contributed by atoms with E-state index in [4.69, 9.17) is 14.1 Å². The lowest BCUT2D eigenvalue weighted by Gasteiger charge is -2.15. The molecule has 37 heavy (non-hydrogen) atoms. The molecule has 186 valence electrons. The highest BCUT2D eigenvalue weighted by molar-refractivity contribution is 7.98. The van der Waals surface area contributed by atoms with Crippen LogP contribution in [-0.4, -0.2) is 47.7 Å². The van der Waals surface area contributed by atoms with Gasteiger partial charge in [-0.25, -0.2) is 15.0 Å². The number of imidazole rings is 1. The van der Waals surface area contributed by atoms with Gasteiger partial charge in [0.05, 0.1) is 30.6 Å². The third kappa shape index (κ3) is 3.87. The number of hydrogen-bond donors (Lipinski definition) is 0. The zero-order chi connectivity index (χ0) is 25.7. The summed E-state index contributed by atoms with van der Waals surface area (Å²) in [4.78, 5) is 13.3. The number of benzene rings is 1. The molecule has 6 aromatic rings.